The molecule has 3 atom stereocenters. The zero-order valence-corrected chi connectivity index (χ0v) is 18.2. The van der Waals surface area contributed by atoms with E-state index < -0.39 is 51.9 Å². The van der Waals surface area contributed by atoms with Gasteiger partial charge in [-0.3, -0.25) is 14.4 Å². The Labute approximate surface area is 192 Å². The van der Waals surface area contributed by atoms with Gasteiger partial charge in [0.1, 0.15) is 28.5 Å². The number of aryl methyl sites for hydroxylation is 1. The Hall–Kier alpha value is -3.86. The molecule has 3 aliphatic rings. The van der Waals surface area contributed by atoms with Crippen LogP contribution in [0.5, 0.6) is 5.75 Å². The van der Waals surface area contributed by atoms with Crippen LogP contribution in [0.2, 0.25) is 0 Å². The van der Waals surface area contributed by atoms with Crippen LogP contribution >= 0.6 is 0 Å². The highest BCUT2D eigenvalue weighted by molar-refractivity contribution is 6.25. The average molecular weight is 467 g/mol. The van der Waals surface area contributed by atoms with E-state index in [4.69, 9.17) is 5.73 Å². The molecule has 11 heteroatoms. The minimum atomic E-state index is -2.64. The normalized spacial score (nSPS) is 25.9. The monoisotopic (exact) mass is 467 g/mol. The Bertz CT molecular complexity index is 1260. The van der Waals surface area contributed by atoms with Gasteiger partial charge in [-0.1, -0.05) is 6.07 Å². The van der Waals surface area contributed by atoms with Gasteiger partial charge < -0.3 is 20.7 Å². The average Bonchev–Trinajstić information content (AvgIpc) is 2.77. The zero-order chi connectivity index (χ0) is 24.9. The number of hydrogen-bond acceptors (Lipinski definition) is 10. The highest BCUT2D eigenvalue weighted by Crippen LogP contribution is 2.53. The van der Waals surface area contributed by atoms with Crippen LogP contribution in [0.1, 0.15) is 47.7 Å². The quantitative estimate of drug-likeness (QED) is 0.414. The molecule has 1 unspecified atom stereocenters. The summed E-state index contributed by atoms with van der Waals surface area (Å²) < 4.78 is 0. The summed E-state index contributed by atoms with van der Waals surface area (Å²) in [5.74, 6) is -5.48. The molecule has 1 amide bonds. The van der Waals surface area contributed by atoms with Crippen LogP contribution in [-0.4, -0.2) is 39.1 Å². The fraction of sp³-hybridized carbons (Fsp3) is 0.391. The Morgan fingerprint density at radius 2 is 1.88 bits per heavy atom. The second-order valence-corrected chi connectivity index (χ2v) is 8.89. The van der Waals surface area contributed by atoms with E-state index in [1.807, 2.05) is 0 Å². The molecular weight excluding hydrogens is 446 g/mol. The minimum absolute atomic E-state index is 0.00857. The Morgan fingerprint density at radius 3 is 2.47 bits per heavy atom. The largest absolute Gasteiger partial charge is 0.507 e. The molecule has 0 saturated carbocycles. The summed E-state index contributed by atoms with van der Waals surface area (Å²) in [4.78, 5) is 73.2. The van der Waals surface area contributed by atoms with Crippen molar-refractivity contribution in [2.45, 2.75) is 44.6 Å². The van der Waals surface area contributed by atoms with Gasteiger partial charge >= 0.3 is 0 Å². The smallest absolute Gasteiger partial charge is 0.254 e. The van der Waals surface area contributed by atoms with Gasteiger partial charge in [0.25, 0.3) is 5.91 Å². The number of phenols is 1. The number of primary amides is 1. The van der Waals surface area contributed by atoms with E-state index in [-0.39, 0.29) is 48.4 Å². The molecule has 0 aromatic heterocycles. The molecule has 0 spiro atoms. The minimum Gasteiger partial charge on any atom is -0.507 e. The molecule has 1 aromatic carbocycles. The number of amides is 1. The first kappa shape index (κ1) is 23.3. The molecule has 0 radical (unpaired) electrons. The molecule has 0 saturated heterocycles. The molecular formula is C23H21N3O8. The maximum atomic E-state index is 13.5. The van der Waals surface area contributed by atoms with E-state index in [0.717, 1.165) is 0 Å². The predicted octanol–water partition coefficient (Wildman–Crippen LogP) is 1.52. The molecule has 0 fully saturated rings. The summed E-state index contributed by atoms with van der Waals surface area (Å²) in [6, 6.07) is 2.93. The number of nitrogens with zero attached hydrogens (tertiary/aromatic N) is 2. The molecule has 4 N–H and O–H groups in total. The molecule has 11 nitrogen and oxygen atoms in total. The molecule has 0 bridgehead atoms. The van der Waals surface area contributed by atoms with Gasteiger partial charge in [-0.2, -0.15) is 0 Å². The summed E-state index contributed by atoms with van der Waals surface area (Å²) >= 11 is 0. The molecule has 1 aromatic rings. The number of rotatable bonds is 6. The Balaban J connectivity index is 1.91. The number of hydrogen-bond donors (Lipinski definition) is 3. The lowest BCUT2D eigenvalue weighted by Gasteiger charge is -2.45. The Kier molecular flexibility index (Phi) is 5.60. The summed E-state index contributed by atoms with van der Waals surface area (Å²) in [7, 11) is 0. The number of allylic oxidation sites excluding steroid dienone is 2. The number of benzene rings is 1. The molecule has 3 aliphatic carbocycles. The lowest BCUT2D eigenvalue weighted by atomic mass is 9.59. The van der Waals surface area contributed by atoms with Crippen molar-refractivity contribution >= 4 is 23.3 Å². The van der Waals surface area contributed by atoms with Gasteiger partial charge in [-0.05, 0) is 59.7 Å². The first-order valence-corrected chi connectivity index (χ1v) is 10.6. The van der Waals surface area contributed by atoms with Crippen LogP contribution in [0.25, 0.3) is 0 Å². The van der Waals surface area contributed by atoms with E-state index in [2.05, 4.69) is 10.4 Å². The Morgan fingerprint density at radius 1 is 1.18 bits per heavy atom. The van der Waals surface area contributed by atoms with Crippen molar-refractivity contribution < 1.29 is 29.4 Å². The van der Waals surface area contributed by atoms with Gasteiger partial charge in [0.2, 0.25) is 5.78 Å². The van der Waals surface area contributed by atoms with E-state index in [9.17, 15) is 39.2 Å². The van der Waals surface area contributed by atoms with E-state index in [0.29, 0.717) is 17.5 Å². The third-order valence-corrected chi connectivity index (χ3v) is 6.99. The lowest BCUT2D eigenvalue weighted by molar-refractivity contribution is -0.139. The van der Waals surface area contributed by atoms with Gasteiger partial charge in [0.05, 0.1) is 5.56 Å². The third-order valence-electron chi connectivity index (χ3n) is 6.99. The van der Waals surface area contributed by atoms with Crippen LogP contribution in [0, 0.1) is 21.6 Å². The summed E-state index contributed by atoms with van der Waals surface area (Å²) in [6.07, 6.45) is 0.436. The van der Waals surface area contributed by atoms with Crippen molar-refractivity contribution in [3.8, 4) is 5.75 Å². The van der Waals surface area contributed by atoms with Crippen molar-refractivity contribution in [3.05, 3.63) is 61.2 Å². The van der Waals surface area contributed by atoms with Gasteiger partial charge in [-0.25, -0.2) is 0 Å². The molecule has 0 aliphatic heterocycles. The summed E-state index contributed by atoms with van der Waals surface area (Å²) in [5, 5.41) is 27.4. The van der Waals surface area contributed by atoms with Crippen LogP contribution in [-0.2, 0) is 27.2 Å². The first-order chi connectivity index (χ1) is 16.1. The number of phenolic OH excluding ortho intramolecular Hbond substituents is 1. The number of fused-ring (bicyclic) bond motifs is 3. The van der Waals surface area contributed by atoms with E-state index in [1.54, 1.807) is 6.07 Å². The van der Waals surface area contributed by atoms with Crippen LogP contribution in [0.15, 0.2) is 45.0 Å². The highest BCUT2D eigenvalue weighted by Gasteiger charge is 2.60. The van der Waals surface area contributed by atoms with Crippen LogP contribution < -0.4 is 5.73 Å². The predicted molar refractivity (Wildman–Crippen MR) is 116 cm³/mol. The molecule has 34 heavy (non-hydrogen) atoms. The maximum Gasteiger partial charge on any atom is 0.254 e. The second kappa shape index (κ2) is 8.17. The lowest BCUT2D eigenvalue weighted by Crippen LogP contribution is -2.56. The number of nitrogens with two attached hydrogens (primary N) is 1. The topological polar surface area (TPSA) is 194 Å². The third kappa shape index (κ3) is 3.23. The standard InChI is InChI=1S/C23H21N3O8/c1-9(27)2-3-10-4-5-15(28)17-13(10)7-11-6-12-8-14(25-33)18(22(24)31)21(30)23(12,32)20(26-34)16(11)19(17)29/h4-5,11-12,28,32H,2-3,6-8H2,1H3,(H2,24,31)/t11-,12?,23+/m1/s1. The number of carbonyl (C=O) groups is 4. The number of carbonyl (C=O) groups excluding carboxylic acids is 4. The SMILES string of the molecule is CC(=O)CCc1ccc(O)c2c1C[C@H]1CC3CC(N=O)=C(C(N)=O)C(=O)[C@@]3(O)C(N=O)=C1C2=O. The number of Topliss-reactive ketones (excluding diaryl/α,β-unsaturated/α-hetero) is 3. The maximum absolute atomic E-state index is 13.5. The number of aliphatic hydroxyl groups is 1. The highest BCUT2D eigenvalue weighted by atomic mass is 16.3. The van der Waals surface area contributed by atoms with Crippen molar-refractivity contribution in [3.63, 3.8) is 0 Å². The number of aromatic hydroxyl groups is 1. The molecule has 0 heterocycles. The van der Waals surface area contributed by atoms with Gasteiger partial charge in [0.15, 0.2) is 11.4 Å². The fourth-order valence-electron chi connectivity index (χ4n) is 5.43. The second-order valence-electron chi connectivity index (χ2n) is 8.89. The molecule has 4 rings (SSSR count). The van der Waals surface area contributed by atoms with Crippen molar-refractivity contribution in [2.75, 3.05) is 0 Å². The molecule has 176 valence electrons. The van der Waals surface area contributed by atoms with Crippen molar-refractivity contribution in [1.29, 1.82) is 0 Å². The van der Waals surface area contributed by atoms with Crippen molar-refractivity contribution in [2.24, 2.45) is 27.9 Å². The van der Waals surface area contributed by atoms with E-state index >= 15 is 0 Å². The zero-order valence-electron chi connectivity index (χ0n) is 18.2. The van der Waals surface area contributed by atoms with Gasteiger partial charge in [0, 0.05) is 24.3 Å². The first-order valence-electron chi connectivity index (χ1n) is 10.6. The number of nitroso groups, excluding NO2 is 2. The number of ketones is 3. The fourth-order valence-corrected chi connectivity index (χ4v) is 5.43. The van der Waals surface area contributed by atoms with E-state index in [1.165, 1.54) is 13.0 Å². The van der Waals surface area contributed by atoms with Gasteiger partial charge in [-0.15, -0.1) is 9.81 Å². The van der Waals surface area contributed by atoms with Crippen molar-refractivity contribution in [1.82, 2.24) is 0 Å². The summed E-state index contributed by atoms with van der Waals surface area (Å²) in [5.41, 5.74) is 1.48. The summed E-state index contributed by atoms with van der Waals surface area (Å²) in [6.45, 7) is 1.44. The van der Waals surface area contributed by atoms with Crippen LogP contribution in [0.4, 0.5) is 0 Å². The van der Waals surface area contributed by atoms with Crippen LogP contribution in [0.3, 0.4) is 0 Å².